The van der Waals surface area contributed by atoms with Gasteiger partial charge in [0.15, 0.2) is 0 Å². The molecular weight excluding hydrogens is 369 g/mol. The Hall–Kier alpha value is -2.45. The van der Waals surface area contributed by atoms with Gasteiger partial charge in [0, 0.05) is 17.4 Å². The molecule has 0 bridgehead atoms. The average molecular weight is 393 g/mol. The van der Waals surface area contributed by atoms with Gasteiger partial charge in [-0.25, -0.2) is 17.5 Å². The third-order valence-electron chi connectivity index (χ3n) is 3.77. The van der Waals surface area contributed by atoms with Crippen molar-refractivity contribution in [2.24, 2.45) is 0 Å². The minimum absolute atomic E-state index is 0.121. The van der Waals surface area contributed by atoms with E-state index >= 15 is 0 Å². The van der Waals surface area contributed by atoms with Crippen molar-refractivity contribution in [2.75, 3.05) is 10.6 Å². The molecule has 0 spiro atoms. The van der Waals surface area contributed by atoms with E-state index in [-0.39, 0.29) is 22.7 Å². The summed E-state index contributed by atoms with van der Waals surface area (Å²) in [5, 5.41) is 5.63. The number of amides is 1. The maximum absolute atomic E-state index is 13.6. The molecule has 0 aromatic heterocycles. The highest BCUT2D eigenvalue weighted by atomic mass is 32.2. The van der Waals surface area contributed by atoms with Gasteiger partial charge in [-0.2, -0.15) is 0 Å². The molecule has 0 heterocycles. The summed E-state index contributed by atoms with van der Waals surface area (Å²) in [5.41, 5.74) is 1.49. The maximum atomic E-state index is 13.6. The largest absolute Gasteiger partial charge is 0.374 e. The minimum Gasteiger partial charge on any atom is -0.374 e. The van der Waals surface area contributed by atoms with Gasteiger partial charge >= 0.3 is 0 Å². The van der Waals surface area contributed by atoms with Crippen LogP contribution in [0.5, 0.6) is 0 Å². The molecule has 0 fully saturated rings. The van der Waals surface area contributed by atoms with E-state index in [1.54, 1.807) is 39.8 Å². The SMILES string of the molecule is Cc1ccc(N[C@H](C)C(=O)Nc2ccc(S(=O)(=O)NC(C)C)cc2)cc1F. The van der Waals surface area contributed by atoms with Crippen LogP contribution >= 0.6 is 0 Å². The molecule has 0 saturated carbocycles. The summed E-state index contributed by atoms with van der Waals surface area (Å²) in [5.74, 6) is -0.675. The highest BCUT2D eigenvalue weighted by Gasteiger charge is 2.16. The lowest BCUT2D eigenvalue weighted by molar-refractivity contribution is -0.116. The fourth-order valence-corrected chi connectivity index (χ4v) is 3.60. The third-order valence-corrected chi connectivity index (χ3v) is 5.45. The van der Waals surface area contributed by atoms with E-state index in [1.807, 2.05) is 0 Å². The van der Waals surface area contributed by atoms with E-state index in [2.05, 4.69) is 15.4 Å². The van der Waals surface area contributed by atoms with Gasteiger partial charge in [0.1, 0.15) is 11.9 Å². The van der Waals surface area contributed by atoms with Gasteiger partial charge in [-0.15, -0.1) is 0 Å². The molecule has 2 aromatic carbocycles. The zero-order chi connectivity index (χ0) is 20.2. The Balaban J connectivity index is 2.01. The second-order valence-corrected chi connectivity index (χ2v) is 8.33. The predicted octanol–water partition coefficient (Wildman–Crippen LogP) is 3.26. The second kappa shape index (κ2) is 8.49. The molecule has 0 saturated heterocycles. The van der Waals surface area contributed by atoms with Gasteiger partial charge in [-0.05, 0) is 69.7 Å². The molecular formula is C19H24FN3O3S. The number of hydrogen-bond donors (Lipinski definition) is 3. The Bertz CT molecular complexity index is 912. The van der Waals surface area contributed by atoms with Crippen LogP contribution in [-0.4, -0.2) is 26.4 Å². The molecule has 6 nitrogen and oxygen atoms in total. The zero-order valence-electron chi connectivity index (χ0n) is 15.7. The summed E-state index contributed by atoms with van der Waals surface area (Å²) in [7, 11) is -3.58. The van der Waals surface area contributed by atoms with Gasteiger partial charge in [0.05, 0.1) is 4.90 Å². The fourth-order valence-electron chi connectivity index (χ4n) is 2.34. The van der Waals surface area contributed by atoms with Gasteiger partial charge in [-0.3, -0.25) is 4.79 Å². The smallest absolute Gasteiger partial charge is 0.246 e. The monoisotopic (exact) mass is 393 g/mol. The van der Waals surface area contributed by atoms with Crippen LogP contribution in [0.3, 0.4) is 0 Å². The van der Waals surface area contributed by atoms with Crippen molar-refractivity contribution in [1.29, 1.82) is 0 Å². The molecule has 146 valence electrons. The summed E-state index contributed by atoms with van der Waals surface area (Å²) in [6.07, 6.45) is 0. The Kier molecular flexibility index (Phi) is 6.56. The zero-order valence-corrected chi connectivity index (χ0v) is 16.5. The van der Waals surface area contributed by atoms with Gasteiger partial charge in [-0.1, -0.05) is 6.07 Å². The number of carbonyl (C=O) groups excluding carboxylic acids is 1. The van der Waals surface area contributed by atoms with Crippen LogP contribution in [0.2, 0.25) is 0 Å². The van der Waals surface area contributed by atoms with Crippen LogP contribution < -0.4 is 15.4 Å². The van der Waals surface area contributed by atoms with E-state index in [0.717, 1.165) is 0 Å². The molecule has 0 aliphatic carbocycles. The van der Waals surface area contributed by atoms with E-state index in [0.29, 0.717) is 16.9 Å². The number of rotatable bonds is 7. The minimum atomic E-state index is -3.58. The van der Waals surface area contributed by atoms with Gasteiger partial charge < -0.3 is 10.6 Å². The molecule has 1 atom stereocenters. The van der Waals surface area contributed by atoms with Gasteiger partial charge in [0.25, 0.3) is 0 Å². The third kappa shape index (κ3) is 5.77. The number of benzene rings is 2. The summed E-state index contributed by atoms with van der Waals surface area (Å²) >= 11 is 0. The summed E-state index contributed by atoms with van der Waals surface area (Å²) < 4.78 is 40.3. The van der Waals surface area contributed by atoms with E-state index in [9.17, 15) is 17.6 Å². The number of hydrogen-bond acceptors (Lipinski definition) is 4. The average Bonchev–Trinajstić information content (AvgIpc) is 2.57. The number of nitrogens with one attached hydrogen (secondary N) is 3. The molecule has 2 aromatic rings. The van der Waals surface area contributed by atoms with Crippen molar-refractivity contribution in [3.8, 4) is 0 Å². The van der Waals surface area contributed by atoms with Crippen molar-refractivity contribution in [1.82, 2.24) is 4.72 Å². The number of anilines is 2. The van der Waals surface area contributed by atoms with Crippen LogP contribution in [0.25, 0.3) is 0 Å². The first-order valence-corrected chi connectivity index (χ1v) is 10.0. The first kappa shape index (κ1) is 20.9. The summed E-state index contributed by atoms with van der Waals surface area (Å²) in [4.78, 5) is 12.4. The highest BCUT2D eigenvalue weighted by Crippen LogP contribution is 2.17. The highest BCUT2D eigenvalue weighted by molar-refractivity contribution is 7.89. The van der Waals surface area contributed by atoms with E-state index in [4.69, 9.17) is 0 Å². The molecule has 0 aliphatic rings. The van der Waals surface area contributed by atoms with Crippen molar-refractivity contribution in [3.05, 3.63) is 53.8 Å². The molecule has 1 amide bonds. The lowest BCUT2D eigenvalue weighted by Gasteiger charge is -2.16. The number of aryl methyl sites for hydroxylation is 1. The van der Waals surface area contributed by atoms with E-state index < -0.39 is 16.1 Å². The van der Waals surface area contributed by atoms with E-state index in [1.165, 1.54) is 30.3 Å². The van der Waals surface area contributed by atoms with Crippen LogP contribution in [0.4, 0.5) is 15.8 Å². The molecule has 8 heteroatoms. The van der Waals surface area contributed by atoms with Gasteiger partial charge in [0.2, 0.25) is 15.9 Å². The Morgan fingerprint density at radius 3 is 2.15 bits per heavy atom. The second-order valence-electron chi connectivity index (χ2n) is 6.62. The van der Waals surface area contributed by atoms with Crippen LogP contribution in [-0.2, 0) is 14.8 Å². The number of halogens is 1. The van der Waals surface area contributed by atoms with Crippen molar-refractivity contribution < 1.29 is 17.6 Å². The Morgan fingerprint density at radius 1 is 1.00 bits per heavy atom. The first-order chi connectivity index (χ1) is 12.6. The summed E-state index contributed by atoms with van der Waals surface area (Å²) in [6.45, 7) is 6.79. The quantitative estimate of drug-likeness (QED) is 0.674. The molecule has 2 rings (SSSR count). The normalized spacial score (nSPS) is 12.7. The fraction of sp³-hybridized carbons (Fsp3) is 0.316. The molecule has 0 radical (unpaired) electrons. The van der Waals surface area contributed by atoms with Crippen LogP contribution in [0.1, 0.15) is 26.3 Å². The number of sulfonamides is 1. The van der Waals surface area contributed by atoms with Crippen molar-refractivity contribution in [2.45, 2.75) is 44.7 Å². The molecule has 0 aliphatic heterocycles. The molecule has 27 heavy (non-hydrogen) atoms. The lowest BCUT2D eigenvalue weighted by atomic mass is 10.2. The molecule has 3 N–H and O–H groups in total. The van der Waals surface area contributed by atoms with Crippen LogP contribution in [0.15, 0.2) is 47.4 Å². The standard InChI is InChI=1S/C19H24FN3O3S/c1-12(2)23-27(25,26)17-9-7-15(8-10-17)22-19(24)14(4)21-16-6-5-13(3)18(20)11-16/h5-12,14,21,23H,1-4H3,(H,22,24)/t14-/m1/s1. The topological polar surface area (TPSA) is 87.3 Å². The number of carbonyl (C=O) groups is 1. The first-order valence-electron chi connectivity index (χ1n) is 8.54. The Morgan fingerprint density at radius 2 is 1.59 bits per heavy atom. The van der Waals surface area contributed by atoms with Crippen molar-refractivity contribution in [3.63, 3.8) is 0 Å². The summed E-state index contributed by atoms with van der Waals surface area (Å²) in [6, 6.07) is 9.72. The molecule has 0 unspecified atom stereocenters. The van der Waals surface area contributed by atoms with Crippen molar-refractivity contribution >= 4 is 27.3 Å². The predicted molar refractivity (Wildman–Crippen MR) is 105 cm³/mol. The van der Waals surface area contributed by atoms with Crippen LogP contribution in [0, 0.1) is 12.7 Å². The maximum Gasteiger partial charge on any atom is 0.246 e. The Labute approximate surface area is 159 Å². The lowest BCUT2D eigenvalue weighted by Crippen LogP contribution is -2.32.